The van der Waals surface area contributed by atoms with Gasteiger partial charge < -0.3 is 0 Å². The van der Waals surface area contributed by atoms with E-state index in [1.54, 1.807) is 19.1 Å². The van der Waals surface area contributed by atoms with Crippen molar-refractivity contribution < 1.29 is 13.2 Å². The summed E-state index contributed by atoms with van der Waals surface area (Å²) >= 11 is 0. The predicted octanol–water partition coefficient (Wildman–Crippen LogP) is 4.55. The van der Waals surface area contributed by atoms with Gasteiger partial charge in [0.2, 0.25) is 0 Å². The first-order valence-electron chi connectivity index (χ1n) is 7.86. The molecule has 0 aliphatic heterocycles. The first kappa shape index (κ1) is 17.7. The van der Waals surface area contributed by atoms with Crippen molar-refractivity contribution in [2.24, 2.45) is 4.99 Å². The number of hydrogen-bond acceptors (Lipinski definition) is 2. The van der Waals surface area contributed by atoms with E-state index >= 15 is 0 Å². The molecule has 0 aliphatic carbocycles. The largest absolute Gasteiger partial charge is 0.416 e. The number of benzene rings is 2. The van der Waals surface area contributed by atoms with Crippen molar-refractivity contribution in [1.29, 1.82) is 0 Å². The van der Waals surface area contributed by atoms with Crippen LogP contribution in [0.5, 0.6) is 0 Å². The lowest BCUT2D eigenvalue weighted by Crippen LogP contribution is -2.17. The fourth-order valence-corrected chi connectivity index (χ4v) is 2.49. The number of nitrogens with zero attached hydrogens (tertiary/aromatic N) is 2. The summed E-state index contributed by atoms with van der Waals surface area (Å²) in [6.07, 6.45) is -3.15. The molecule has 0 radical (unpaired) electrons. The quantitative estimate of drug-likeness (QED) is 0.685. The van der Waals surface area contributed by atoms with E-state index in [9.17, 15) is 18.0 Å². The van der Waals surface area contributed by atoms with Gasteiger partial charge in [0.15, 0.2) is 0 Å². The Morgan fingerprint density at radius 2 is 1.77 bits per heavy atom. The van der Waals surface area contributed by atoms with Crippen molar-refractivity contribution in [2.45, 2.75) is 20.0 Å². The van der Waals surface area contributed by atoms with Crippen molar-refractivity contribution in [2.75, 3.05) is 0 Å². The number of nitrogens with one attached hydrogen (secondary N) is 1. The zero-order valence-electron chi connectivity index (χ0n) is 14.1. The molecule has 0 fully saturated rings. The third-order valence-electron chi connectivity index (χ3n) is 3.93. The highest BCUT2D eigenvalue weighted by Gasteiger charge is 2.30. The van der Waals surface area contributed by atoms with Crippen LogP contribution in [0.15, 0.2) is 58.3 Å². The summed E-state index contributed by atoms with van der Waals surface area (Å²) in [5.41, 5.74) is 1.63. The van der Waals surface area contributed by atoms with Gasteiger partial charge in [0, 0.05) is 11.9 Å². The summed E-state index contributed by atoms with van der Waals surface area (Å²) in [5, 5.41) is 2.95. The van der Waals surface area contributed by atoms with Crippen LogP contribution in [-0.2, 0) is 6.18 Å². The van der Waals surface area contributed by atoms with E-state index in [0.717, 1.165) is 17.7 Å². The van der Waals surface area contributed by atoms with Gasteiger partial charge in [-0.3, -0.25) is 14.9 Å². The molecular weight excluding hydrogens is 343 g/mol. The van der Waals surface area contributed by atoms with E-state index in [2.05, 4.69) is 10.1 Å². The fraction of sp³-hybridized carbons (Fsp3) is 0.158. The highest BCUT2D eigenvalue weighted by molar-refractivity contribution is 5.83. The van der Waals surface area contributed by atoms with Crippen LogP contribution in [-0.4, -0.2) is 16.0 Å². The molecule has 0 bridgehead atoms. The Kier molecular flexibility index (Phi) is 4.54. The van der Waals surface area contributed by atoms with Gasteiger partial charge in [0.1, 0.15) is 0 Å². The number of H-pyrrole nitrogens is 1. The second-order valence-electron chi connectivity index (χ2n) is 5.93. The number of alkyl halides is 3. The number of aryl methyl sites for hydroxylation is 2. The number of hydrogen-bond donors (Lipinski definition) is 1. The van der Waals surface area contributed by atoms with Crippen molar-refractivity contribution in [3.05, 3.63) is 81.3 Å². The standard InChI is InChI=1S/C19H16F3N3O/c1-12-6-8-16(9-7-12)25-18(26)17(13(2)24-25)11-23-15-5-3-4-14(10-15)19(20,21)22/h3-11,24H,1-2H3. The Morgan fingerprint density at radius 1 is 1.08 bits per heavy atom. The lowest BCUT2D eigenvalue weighted by Gasteiger charge is -2.06. The maximum atomic E-state index is 12.8. The third kappa shape index (κ3) is 3.61. The minimum atomic E-state index is -4.44. The molecule has 0 atom stereocenters. The Labute approximate surface area is 147 Å². The molecule has 1 heterocycles. The number of halogens is 3. The second kappa shape index (κ2) is 6.67. The molecule has 0 saturated heterocycles. The van der Waals surface area contributed by atoms with Crippen LogP contribution in [0.4, 0.5) is 18.9 Å². The van der Waals surface area contributed by atoms with Crippen LogP contribution >= 0.6 is 0 Å². The summed E-state index contributed by atoms with van der Waals surface area (Å²) in [6, 6.07) is 12.0. The van der Waals surface area contributed by atoms with E-state index in [1.807, 2.05) is 19.1 Å². The maximum Gasteiger partial charge on any atom is 0.416 e. The summed E-state index contributed by atoms with van der Waals surface area (Å²) in [5.74, 6) is 0. The molecule has 3 aromatic rings. The highest BCUT2D eigenvalue weighted by atomic mass is 19.4. The lowest BCUT2D eigenvalue weighted by molar-refractivity contribution is -0.137. The average Bonchev–Trinajstić information content (AvgIpc) is 2.87. The summed E-state index contributed by atoms with van der Waals surface area (Å²) in [4.78, 5) is 16.6. The Balaban J connectivity index is 1.95. The van der Waals surface area contributed by atoms with E-state index < -0.39 is 11.7 Å². The first-order chi connectivity index (χ1) is 12.3. The SMILES string of the molecule is Cc1ccc(-n2[nH]c(C)c(C=Nc3cccc(C(F)(F)F)c3)c2=O)cc1. The van der Waals surface area contributed by atoms with Gasteiger partial charge in [-0.25, -0.2) is 4.68 Å². The number of aromatic nitrogens is 2. The van der Waals surface area contributed by atoms with Crippen molar-refractivity contribution in [3.63, 3.8) is 0 Å². The fourth-order valence-electron chi connectivity index (χ4n) is 2.49. The number of aromatic amines is 1. The van der Waals surface area contributed by atoms with Gasteiger partial charge in [0.05, 0.1) is 22.5 Å². The zero-order valence-corrected chi connectivity index (χ0v) is 14.1. The van der Waals surface area contributed by atoms with Crippen LogP contribution in [0.25, 0.3) is 5.69 Å². The van der Waals surface area contributed by atoms with Crippen LogP contribution in [0, 0.1) is 13.8 Å². The molecule has 0 unspecified atom stereocenters. The Bertz CT molecular complexity index is 1010. The second-order valence-corrected chi connectivity index (χ2v) is 5.93. The molecule has 4 nitrogen and oxygen atoms in total. The lowest BCUT2D eigenvalue weighted by atomic mass is 10.2. The van der Waals surface area contributed by atoms with E-state index in [4.69, 9.17) is 0 Å². The van der Waals surface area contributed by atoms with Gasteiger partial charge in [-0.05, 0) is 44.2 Å². The van der Waals surface area contributed by atoms with E-state index in [0.29, 0.717) is 16.9 Å². The average molecular weight is 359 g/mol. The molecule has 0 aliphatic rings. The van der Waals surface area contributed by atoms with E-state index in [1.165, 1.54) is 23.0 Å². The molecule has 2 aromatic carbocycles. The van der Waals surface area contributed by atoms with E-state index in [-0.39, 0.29) is 11.2 Å². The van der Waals surface area contributed by atoms with Crippen LogP contribution in [0.1, 0.15) is 22.4 Å². The minimum absolute atomic E-state index is 0.127. The summed E-state index contributed by atoms with van der Waals surface area (Å²) in [6.45, 7) is 3.65. The van der Waals surface area contributed by atoms with Crippen molar-refractivity contribution in [3.8, 4) is 5.69 Å². The summed E-state index contributed by atoms with van der Waals surface area (Å²) in [7, 11) is 0. The molecule has 7 heteroatoms. The first-order valence-corrected chi connectivity index (χ1v) is 7.86. The smallest absolute Gasteiger partial charge is 0.295 e. The zero-order chi connectivity index (χ0) is 18.9. The molecule has 1 aromatic heterocycles. The van der Waals surface area contributed by atoms with Gasteiger partial charge in [0.25, 0.3) is 5.56 Å². The molecule has 0 amide bonds. The molecule has 0 spiro atoms. The van der Waals surface area contributed by atoms with Crippen LogP contribution < -0.4 is 5.56 Å². The van der Waals surface area contributed by atoms with Gasteiger partial charge in [-0.1, -0.05) is 23.8 Å². The monoisotopic (exact) mass is 359 g/mol. The van der Waals surface area contributed by atoms with Crippen LogP contribution in [0.3, 0.4) is 0 Å². The van der Waals surface area contributed by atoms with Gasteiger partial charge in [-0.15, -0.1) is 0 Å². The predicted molar refractivity (Wildman–Crippen MR) is 94.6 cm³/mol. The number of rotatable bonds is 3. The molecule has 26 heavy (non-hydrogen) atoms. The third-order valence-corrected chi connectivity index (χ3v) is 3.93. The Morgan fingerprint density at radius 3 is 2.42 bits per heavy atom. The van der Waals surface area contributed by atoms with Crippen molar-refractivity contribution in [1.82, 2.24) is 9.78 Å². The summed E-state index contributed by atoms with van der Waals surface area (Å²) < 4.78 is 39.7. The number of aliphatic imine (C=N–C) groups is 1. The molecule has 3 rings (SSSR count). The normalized spacial score (nSPS) is 12.0. The molecule has 0 saturated carbocycles. The minimum Gasteiger partial charge on any atom is -0.295 e. The Hall–Kier alpha value is -3.09. The molecular formula is C19H16F3N3O. The highest BCUT2D eigenvalue weighted by Crippen LogP contribution is 2.31. The molecule has 1 N–H and O–H groups in total. The topological polar surface area (TPSA) is 50.1 Å². The van der Waals surface area contributed by atoms with Gasteiger partial charge >= 0.3 is 6.18 Å². The molecule has 134 valence electrons. The van der Waals surface area contributed by atoms with Crippen LogP contribution in [0.2, 0.25) is 0 Å². The van der Waals surface area contributed by atoms with Gasteiger partial charge in [-0.2, -0.15) is 13.2 Å². The maximum absolute atomic E-state index is 12.8. The van der Waals surface area contributed by atoms with Crippen molar-refractivity contribution >= 4 is 11.9 Å².